The van der Waals surface area contributed by atoms with Crippen molar-refractivity contribution in [3.05, 3.63) is 34.4 Å². The highest BCUT2D eigenvalue weighted by Gasteiger charge is 2.21. The number of nitrogens with zero attached hydrogens (tertiary/aromatic N) is 1. The summed E-state index contributed by atoms with van der Waals surface area (Å²) in [6.45, 7) is 6.07. The minimum atomic E-state index is -0.891. The molecule has 0 saturated heterocycles. The number of anilines is 1. The molecule has 1 rings (SSSR count). The number of hydrogen-bond acceptors (Lipinski definition) is 4. The van der Waals surface area contributed by atoms with E-state index in [1.165, 1.54) is 12.1 Å². The van der Waals surface area contributed by atoms with Gasteiger partial charge in [-0.2, -0.15) is 0 Å². The minimum Gasteiger partial charge on any atom is -0.481 e. The topological polar surface area (TPSA) is 92.5 Å². The highest BCUT2D eigenvalue weighted by molar-refractivity contribution is 5.68. The molecule has 1 aromatic rings. The molecule has 0 spiro atoms. The van der Waals surface area contributed by atoms with Gasteiger partial charge in [0.2, 0.25) is 0 Å². The normalized spacial score (nSPS) is 12.8. The average molecular weight is 280 g/mol. The lowest BCUT2D eigenvalue weighted by atomic mass is 9.87. The van der Waals surface area contributed by atoms with Crippen molar-refractivity contribution in [2.45, 2.75) is 39.7 Å². The summed E-state index contributed by atoms with van der Waals surface area (Å²) < 4.78 is 0. The second-order valence-corrected chi connectivity index (χ2v) is 6.01. The van der Waals surface area contributed by atoms with Crippen molar-refractivity contribution in [1.29, 1.82) is 0 Å². The first-order valence-electron chi connectivity index (χ1n) is 6.40. The lowest BCUT2D eigenvalue weighted by Crippen LogP contribution is -2.28. The Morgan fingerprint density at radius 3 is 2.60 bits per heavy atom. The van der Waals surface area contributed by atoms with Crippen LogP contribution in [0, 0.1) is 15.5 Å². The Bertz CT molecular complexity index is 494. The van der Waals surface area contributed by atoms with Gasteiger partial charge < -0.3 is 10.4 Å². The summed E-state index contributed by atoms with van der Waals surface area (Å²) in [5, 5.41) is 22.8. The molecule has 1 aromatic carbocycles. The van der Waals surface area contributed by atoms with Gasteiger partial charge in [0.1, 0.15) is 0 Å². The molecule has 0 amide bonds. The standard InChI is InChI=1S/C14H20N2O4/c1-14(2,3)9-11(8-13(17)18)15-10-5-4-6-12(7-10)16(19)20/h4-7,11,15H,8-9H2,1-3H3,(H,17,18). The third-order valence-electron chi connectivity index (χ3n) is 2.71. The number of nitrogens with one attached hydrogen (secondary N) is 1. The molecule has 0 aliphatic rings. The lowest BCUT2D eigenvalue weighted by molar-refractivity contribution is -0.384. The van der Waals surface area contributed by atoms with Crippen molar-refractivity contribution in [1.82, 2.24) is 0 Å². The van der Waals surface area contributed by atoms with Crippen molar-refractivity contribution < 1.29 is 14.8 Å². The zero-order chi connectivity index (χ0) is 15.3. The molecule has 6 heteroatoms. The third kappa shape index (κ3) is 5.69. The van der Waals surface area contributed by atoms with Crippen LogP contribution in [0.2, 0.25) is 0 Å². The second-order valence-electron chi connectivity index (χ2n) is 6.01. The first kappa shape index (κ1) is 15.9. The maximum atomic E-state index is 10.9. The molecule has 0 aliphatic heterocycles. The molecule has 1 unspecified atom stereocenters. The van der Waals surface area contributed by atoms with E-state index in [0.29, 0.717) is 12.1 Å². The summed E-state index contributed by atoms with van der Waals surface area (Å²) in [7, 11) is 0. The average Bonchev–Trinajstić information content (AvgIpc) is 2.25. The SMILES string of the molecule is CC(C)(C)CC(CC(=O)O)Nc1cccc([N+](=O)[O-])c1. The van der Waals surface area contributed by atoms with Gasteiger partial charge in [-0.1, -0.05) is 26.8 Å². The van der Waals surface area contributed by atoms with Crippen LogP contribution in [-0.4, -0.2) is 22.0 Å². The predicted molar refractivity (Wildman–Crippen MR) is 76.8 cm³/mol. The monoisotopic (exact) mass is 280 g/mol. The molecule has 0 bridgehead atoms. The van der Waals surface area contributed by atoms with Gasteiger partial charge in [0.05, 0.1) is 11.3 Å². The molecule has 6 nitrogen and oxygen atoms in total. The van der Waals surface area contributed by atoms with E-state index < -0.39 is 10.9 Å². The first-order valence-corrected chi connectivity index (χ1v) is 6.40. The van der Waals surface area contributed by atoms with E-state index in [1.807, 2.05) is 20.8 Å². The maximum Gasteiger partial charge on any atom is 0.305 e. The number of non-ortho nitro benzene ring substituents is 1. The number of hydrogen-bond donors (Lipinski definition) is 2. The largest absolute Gasteiger partial charge is 0.481 e. The zero-order valence-electron chi connectivity index (χ0n) is 11.9. The van der Waals surface area contributed by atoms with Gasteiger partial charge in [-0.15, -0.1) is 0 Å². The number of benzene rings is 1. The van der Waals surface area contributed by atoms with Crippen LogP contribution in [0.1, 0.15) is 33.6 Å². The predicted octanol–water partition coefficient (Wildman–Crippen LogP) is 3.29. The van der Waals surface area contributed by atoms with Crippen molar-refractivity contribution in [3.63, 3.8) is 0 Å². The number of nitro groups is 1. The van der Waals surface area contributed by atoms with Crippen molar-refractivity contribution in [3.8, 4) is 0 Å². The molecular weight excluding hydrogens is 260 g/mol. The van der Waals surface area contributed by atoms with Gasteiger partial charge in [-0.3, -0.25) is 14.9 Å². The Labute approximate surface area is 118 Å². The van der Waals surface area contributed by atoms with Crippen LogP contribution in [0.15, 0.2) is 24.3 Å². The fraction of sp³-hybridized carbons (Fsp3) is 0.500. The molecule has 0 aromatic heterocycles. The van der Waals surface area contributed by atoms with Gasteiger partial charge in [0, 0.05) is 23.9 Å². The van der Waals surface area contributed by atoms with E-state index in [0.717, 1.165) is 0 Å². The number of aliphatic carboxylic acids is 1. The van der Waals surface area contributed by atoms with Gasteiger partial charge in [-0.05, 0) is 17.9 Å². The van der Waals surface area contributed by atoms with Crippen LogP contribution in [-0.2, 0) is 4.79 Å². The smallest absolute Gasteiger partial charge is 0.305 e. The van der Waals surface area contributed by atoms with Crippen LogP contribution in [0.25, 0.3) is 0 Å². The Hall–Kier alpha value is -2.11. The van der Waals surface area contributed by atoms with Crippen LogP contribution in [0.3, 0.4) is 0 Å². The molecule has 0 radical (unpaired) electrons. The summed E-state index contributed by atoms with van der Waals surface area (Å²) in [5.74, 6) is -0.891. The molecule has 0 fully saturated rings. The molecule has 1 atom stereocenters. The van der Waals surface area contributed by atoms with Gasteiger partial charge in [0.15, 0.2) is 0 Å². The molecule has 0 aliphatic carbocycles. The molecule has 0 saturated carbocycles. The van der Waals surface area contributed by atoms with Gasteiger partial charge in [-0.25, -0.2) is 0 Å². The minimum absolute atomic E-state index is 0.0140. The number of rotatable bonds is 6. The Morgan fingerprint density at radius 2 is 2.10 bits per heavy atom. The van der Waals surface area contributed by atoms with Crippen LogP contribution in [0.4, 0.5) is 11.4 Å². The number of carboxylic acids is 1. The fourth-order valence-corrected chi connectivity index (χ4v) is 2.07. The van der Waals surface area contributed by atoms with E-state index in [-0.39, 0.29) is 23.6 Å². The van der Waals surface area contributed by atoms with Crippen molar-refractivity contribution >= 4 is 17.3 Å². The molecule has 110 valence electrons. The van der Waals surface area contributed by atoms with Crippen molar-refractivity contribution in [2.24, 2.45) is 5.41 Å². The first-order chi connectivity index (χ1) is 9.17. The lowest BCUT2D eigenvalue weighted by Gasteiger charge is -2.26. The van der Waals surface area contributed by atoms with E-state index in [4.69, 9.17) is 5.11 Å². The maximum absolute atomic E-state index is 10.9. The van der Waals surface area contributed by atoms with Gasteiger partial charge >= 0.3 is 5.97 Å². The molecule has 0 heterocycles. The second kappa shape index (κ2) is 6.36. The molecule has 2 N–H and O–H groups in total. The summed E-state index contributed by atoms with van der Waals surface area (Å²) in [6.07, 6.45) is 0.627. The molecular formula is C14H20N2O4. The van der Waals surface area contributed by atoms with Crippen LogP contribution < -0.4 is 5.32 Å². The Kier molecular flexibility index (Phi) is 5.07. The van der Waals surface area contributed by atoms with E-state index in [9.17, 15) is 14.9 Å². The summed E-state index contributed by atoms with van der Waals surface area (Å²) >= 11 is 0. The fourth-order valence-electron chi connectivity index (χ4n) is 2.07. The van der Waals surface area contributed by atoms with E-state index >= 15 is 0 Å². The van der Waals surface area contributed by atoms with Crippen LogP contribution in [0.5, 0.6) is 0 Å². The third-order valence-corrected chi connectivity index (χ3v) is 2.71. The summed E-state index contributed by atoms with van der Waals surface area (Å²) in [6, 6.07) is 5.83. The van der Waals surface area contributed by atoms with E-state index in [1.54, 1.807) is 12.1 Å². The number of carbonyl (C=O) groups is 1. The zero-order valence-corrected chi connectivity index (χ0v) is 11.9. The summed E-state index contributed by atoms with van der Waals surface area (Å²) in [5.41, 5.74) is 0.517. The van der Waals surface area contributed by atoms with Gasteiger partial charge in [0.25, 0.3) is 5.69 Å². The quantitative estimate of drug-likeness (QED) is 0.616. The number of carboxylic acid groups (broad SMARTS) is 1. The highest BCUT2D eigenvalue weighted by Crippen LogP contribution is 2.25. The highest BCUT2D eigenvalue weighted by atomic mass is 16.6. The summed E-state index contributed by atoms with van der Waals surface area (Å²) in [4.78, 5) is 21.2. The molecule has 20 heavy (non-hydrogen) atoms. The Balaban J connectivity index is 2.85. The van der Waals surface area contributed by atoms with Crippen LogP contribution >= 0.6 is 0 Å². The van der Waals surface area contributed by atoms with E-state index in [2.05, 4.69) is 5.32 Å². The number of nitro benzene ring substituents is 1. The van der Waals surface area contributed by atoms with Crippen molar-refractivity contribution in [2.75, 3.05) is 5.32 Å². The Morgan fingerprint density at radius 1 is 1.45 bits per heavy atom.